The number of thiophene rings is 1. The normalized spacial score (nSPS) is 19.9. The van der Waals surface area contributed by atoms with Gasteiger partial charge in [0.25, 0.3) is 5.91 Å². The minimum absolute atomic E-state index is 0.0415. The summed E-state index contributed by atoms with van der Waals surface area (Å²) in [5.41, 5.74) is 1.01. The molecular weight excluding hydrogens is 362 g/mol. The van der Waals surface area contributed by atoms with Crippen LogP contribution in [-0.4, -0.2) is 40.4 Å². The number of hydrogen-bond acceptors (Lipinski definition) is 6. The standard InChI is InChI=1S/C19H27N5O2S/c1-12(2)16(17-21-11-22-24(17)3)23-18(25)15-10-13-14(27-15)4-9-26-19(13)5-7-20-8-6-19/h10-12,16,20H,4-9H2,1-3H3,(H,23,25). The average Bonchev–Trinajstić information content (AvgIpc) is 3.27. The van der Waals surface area contributed by atoms with Crippen LogP contribution in [0.1, 0.15) is 58.7 Å². The van der Waals surface area contributed by atoms with Crippen molar-refractivity contribution < 1.29 is 9.53 Å². The first kappa shape index (κ1) is 18.6. The lowest BCUT2D eigenvalue weighted by Gasteiger charge is -2.40. The van der Waals surface area contributed by atoms with Gasteiger partial charge in [0.05, 0.1) is 23.1 Å². The summed E-state index contributed by atoms with van der Waals surface area (Å²) in [4.78, 5) is 19.4. The molecule has 146 valence electrons. The molecule has 0 saturated carbocycles. The van der Waals surface area contributed by atoms with Crippen molar-refractivity contribution in [2.24, 2.45) is 13.0 Å². The molecule has 2 aromatic rings. The number of ether oxygens (including phenoxy) is 1. The maximum absolute atomic E-state index is 13.0. The van der Waals surface area contributed by atoms with Gasteiger partial charge >= 0.3 is 0 Å². The van der Waals surface area contributed by atoms with Gasteiger partial charge in [0.1, 0.15) is 12.2 Å². The number of amides is 1. The van der Waals surface area contributed by atoms with Crippen molar-refractivity contribution in [3.8, 4) is 0 Å². The number of nitrogens with zero attached hydrogens (tertiary/aromatic N) is 3. The highest BCUT2D eigenvalue weighted by Crippen LogP contribution is 2.43. The monoisotopic (exact) mass is 389 g/mol. The molecule has 1 fully saturated rings. The highest BCUT2D eigenvalue weighted by Gasteiger charge is 2.40. The van der Waals surface area contributed by atoms with E-state index < -0.39 is 0 Å². The van der Waals surface area contributed by atoms with E-state index in [0.717, 1.165) is 49.7 Å². The van der Waals surface area contributed by atoms with E-state index in [1.54, 1.807) is 16.0 Å². The number of nitrogens with one attached hydrogen (secondary N) is 2. The molecule has 0 bridgehead atoms. The van der Waals surface area contributed by atoms with Crippen molar-refractivity contribution in [3.63, 3.8) is 0 Å². The third kappa shape index (κ3) is 3.41. The number of rotatable bonds is 4. The third-order valence-electron chi connectivity index (χ3n) is 5.62. The Bertz CT molecular complexity index is 822. The van der Waals surface area contributed by atoms with Gasteiger partial charge in [0.2, 0.25) is 0 Å². The first-order chi connectivity index (χ1) is 13.0. The predicted octanol–water partition coefficient (Wildman–Crippen LogP) is 2.16. The van der Waals surface area contributed by atoms with Gasteiger partial charge < -0.3 is 15.4 Å². The first-order valence-corrected chi connectivity index (χ1v) is 10.4. The maximum atomic E-state index is 13.0. The van der Waals surface area contributed by atoms with Crippen LogP contribution in [0.15, 0.2) is 12.4 Å². The fourth-order valence-electron chi connectivity index (χ4n) is 4.10. The van der Waals surface area contributed by atoms with E-state index in [2.05, 4.69) is 40.6 Å². The Kier molecular flexibility index (Phi) is 5.05. The summed E-state index contributed by atoms with van der Waals surface area (Å²) in [6.07, 6.45) is 4.34. The van der Waals surface area contributed by atoms with Crippen LogP contribution in [0.25, 0.3) is 0 Å². The van der Waals surface area contributed by atoms with Crippen molar-refractivity contribution in [2.75, 3.05) is 19.7 Å². The van der Waals surface area contributed by atoms with Gasteiger partial charge in [0, 0.05) is 18.3 Å². The maximum Gasteiger partial charge on any atom is 0.261 e. The fourth-order valence-corrected chi connectivity index (χ4v) is 5.24. The lowest BCUT2D eigenvalue weighted by Crippen LogP contribution is -2.44. The number of carbonyl (C=O) groups excluding carboxylic acids is 1. The van der Waals surface area contributed by atoms with Crippen LogP contribution in [0.2, 0.25) is 0 Å². The Morgan fingerprint density at radius 3 is 2.85 bits per heavy atom. The van der Waals surface area contributed by atoms with E-state index in [-0.39, 0.29) is 23.5 Å². The smallest absolute Gasteiger partial charge is 0.261 e. The second kappa shape index (κ2) is 7.33. The molecule has 2 aliphatic rings. The average molecular weight is 390 g/mol. The second-order valence-electron chi connectivity index (χ2n) is 7.73. The van der Waals surface area contributed by atoms with E-state index >= 15 is 0 Å². The van der Waals surface area contributed by atoms with Crippen molar-refractivity contribution in [3.05, 3.63) is 33.5 Å². The van der Waals surface area contributed by atoms with Gasteiger partial charge in [-0.1, -0.05) is 13.8 Å². The summed E-state index contributed by atoms with van der Waals surface area (Å²) in [6, 6.07) is 1.89. The molecule has 1 spiro atoms. The summed E-state index contributed by atoms with van der Waals surface area (Å²) in [5.74, 6) is 0.948. The Morgan fingerprint density at radius 1 is 1.41 bits per heavy atom. The number of piperidine rings is 1. The quantitative estimate of drug-likeness (QED) is 0.838. The van der Waals surface area contributed by atoms with Crippen LogP contribution >= 0.6 is 11.3 Å². The third-order valence-corrected chi connectivity index (χ3v) is 6.81. The summed E-state index contributed by atoms with van der Waals surface area (Å²) in [7, 11) is 1.85. The van der Waals surface area contributed by atoms with Gasteiger partial charge in [-0.3, -0.25) is 9.48 Å². The van der Waals surface area contributed by atoms with Crippen LogP contribution < -0.4 is 10.6 Å². The fraction of sp³-hybridized carbons (Fsp3) is 0.632. The molecule has 1 unspecified atom stereocenters. The lowest BCUT2D eigenvalue weighted by molar-refractivity contribution is -0.0792. The highest BCUT2D eigenvalue weighted by molar-refractivity contribution is 7.14. The minimum atomic E-state index is -0.213. The summed E-state index contributed by atoms with van der Waals surface area (Å²) < 4.78 is 7.96. The molecule has 1 saturated heterocycles. The Balaban J connectivity index is 1.59. The molecule has 4 rings (SSSR count). The van der Waals surface area contributed by atoms with Crippen LogP contribution in [0.5, 0.6) is 0 Å². The van der Waals surface area contributed by atoms with E-state index in [0.29, 0.717) is 0 Å². The zero-order valence-electron chi connectivity index (χ0n) is 16.1. The number of fused-ring (bicyclic) bond motifs is 2. The molecule has 27 heavy (non-hydrogen) atoms. The van der Waals surface area contributed by atoms with E-state index in [1.165, 1.54) is 16.8 Å². The Morgan fingerprint density at radius 2 is 2.19 bits per heavy atom. The van der Waals surface area contributed by atoms with Gasteiger partial charge in [-0.05, 0) is 43.5 Å². The van der Waals surface area contributed by atoms with Gasteiger partial charge in [-0.15, -0.1) is 11.3 Å². The van der Waals surface area contributed by atoms with Crippen LogP contribution in [-0.2, 0) is 23.8 Å². The van der Waals surface area contributed by atoms with Gasteiger partial charge in [-0.2, -0.15) is 5.10 Å². The Hall–Kier alpha value is -1.77. The molecular formula is C19H27N5O2S. The van der Waals surface area contributed by atoms with Crippen molar-refractivity contribution >= 4 is 17.2 Å². The lowest BCUT2D eigenvalue weighted by atomic mass is 9.83. The zero-order chi connectivity index (χ0) is 19.0. The molecule has 1 amide bonds. The second-order valence-corrected chi connectivity index (χ2v) is 8.86. The number of hydrogen-bond donors (Lipinski definition) is 2. The molecule has 8 heteroatoms. The van der Waals surface area contributed by atoms with Crippen molar-refractivity contribution in [2.45, 2.75) is 44.8 Å². The summed E-state index contributed by atoms with van der Waals surface area (Å²) in [5, 5.41) is 10.7. The van der Waals surface area contributed by atoms with Gasteiger partial charge in [0.15, 0.2) is 0 Å². The SMILES string of the molecule is CC(C)C(NC(=O)c1cc2c(s1)CCOC21CCNCC1)c1ncnn1C. The zero-order valence-corrected chi connectivity index (χ0v) is 16.9. The van der Waals surface area contributed by atoms with E-state index in [1.807, 2.05) is 7.05 Å². The minimum Gasteiger partial charge on any atom is -0.370 e. The Labute approximate surface area is 163 Å². The highest BCUT2D eigenvalue weighted by atomic mass is 32.1. The largest absolute Gasteiger partial charge is 0.370 e. The molecule has 1 atom stereocenters. The van der Waals surface area contributed by atoms with E-state index in [9.17, 15) is 4.79 Å². The molecule has 0 aliphatic carbocycles. The van der Waals surface area contributed by atoms with Gasteiger partial charge in [-0.25, -0.2) is 4.98 Å². The van der Waals surface area contributed by atoms with E-state index in [4.69, 9.17) is 4.74 Å². The molecule has 0 aromatic carbocycles. The topological polar surface area (TPSA) is 81.1 Å². The molecule has 0 radical (unpaired) electrons. The molecule has 7 nitrogen and oxygen atoms in total. The number of carbonyl (C=O) groups is 1. The predicted molar refractivity (Wildman–Crippen MR) is 104 cm³/mol. The molecule has 2 aromatic heterocycles. The van der Waals surface area contributed by atoms with Crippen molar-refractivity contribution in [1.29, 1.82) is 0 Å². The molecule has 2 aliphatic heterocycles. The summed E-state index contributed by atoms with van der Waals surface area (Å²) in [6.45, 7) is 6.81. The first-order valence-electron chi connectivity index (χ1n) is 9.63. The van der Waals surface area contributed by atoms with Crippen LogP contribution in [0.3, 0.4) is 0 Å². The molecule has 2 N–H and O–H groups in total. The van der Waals surface area contributed by atoms with Crippen molar-refractivity contribution in [1.82, 2.24) is 25.4 Å². The molecule has 4 heterocycles. The number of aromatic nitrogens is 3. The number of aryl methyl sites for hydroxylation is 1. The van der Waals surface area contributed by atoms with Crippen LogP contribution in [0, 0.1) is 5.92 Å². The van der Waals surface area contributed by atoms with Crippen LogP contribution in [0.4, 0.5) is 0 Å². The summed E-state index contributed by atoms with van der Waals surface area (Å²) >= 11 is 1.61.